The van der Waals surface area contributed by atoms with Crippen LogP contribution in [0, 0.1) is 0 Å². The van der Waals surface area contributed by atoms with Crippen molar-refractivity contribution in [3.8, 4) is 0 Å². The Hall–Kier alpha value is -2.02. The van der Waals surface area contributed by atoms with Crippen molar-refractivity contribution in [2.75, 3.05) is 11.3 Å². The van der Waals surface area contributed by atoms with Gasteiger partial charge in [0.15, 0.2) is 0 Å². The average Bonchev–Trinajstić information content (AvgIpc) is 2.91. The molecule has 1 heterocycles. The number of sulfonamides is 2. The van der Waals surface area contributed by atoms with Gasteiger partial charge in [-0.15, -0.1) is 5.10 Å². The third-order valence-corrected chi connectivity index (χ3v) is 4.85. The molecule has 126 valence electrons. The molecule has 0 atom stereocenters. The maximum atomic E-state index is 12.1. The summed E-state index contributed by atoms with van der Waals surface area (Å²) in [6.07, 6.45) is 0. The maximum Gasteiger partial charge on any atom is 0.329 e. The predicted octanol–water partition coefficient (Wildman–Crippen LogP) is 0.0543. The van der Waals surface area contributed by atoms with E-state index in [-0.39, 0.29) is 28.3 Å². The lowest BCUT2D eigenvalue weighted by Crippen LogP contribution is -2.15. The molecule has 0 aliphatic heterocycles. The zero-order valence-electron chi connectivity index (χ0n) is 12.0. The van der Waals surface area contributed by atoms with Crippen LogP contribution in [0.15, 0.2) is 38.5 Å². The van der Waals surface area contributed by atoms with E-state index in [1.807, 2.05) is 0 Å². The van der Waals surface area contributed by atoms with Gasteiger partial charge in [-0.1, -0.05) is 5.10 Å². The zero-order valence-corrected chi connectivity index (χ0v) is 13.6. The minimum absolute atomic E-state index is 0.0638. The molecule has 10 nitrogen and oxygen atoms in total. The van der Waals surface area contributed by atoms with E-state index >= 15 is 0 Å². The predicted molar refractivity (Wildman–Crippen MR) is 78.3 cm³/mol. The summed E-state index contributed by atoms with van der Waals surface area (Å²) in [5.74, 6) is 0.120. The Kier molecular flexibility index (Phi) is 4.99. The van der Waals surface area contributed by atoms with E-state index < -0.39 is 20.0 Å². The van der Waals surface area contributed by atoms with Gasteiger partial charge in [0.05, 0.1) is 9.79 Å². The van der Waals surface area contributed by atoms with Crippen molar-refractivity contribution in [1.82, 2.24) is 10.2 Å². The van der Waals surface area contributed by atoms with Crippen molar-refractivity contribution < 1.29 is 26.0 Å². The number of nitrogens with one attached hydrogen (secondary N) is 1. The molecular weight excluding hydrogens is 348 g/mol. The van der Waals surface area contributed by atoms with E-state index in [4.69, 9.17) is 14.3 Å². The molecule has 23 heavy (non-hydrogen) atoms. The lowest BCUT2D eigenvalue weighted by atomic mass is 10.4. The van der Waals surface area contributed by atoms with Crippen LogP contribution in [-0.2, 0) is 31.4 Å². The minimum atomic E-state index is -4.01. The van der Waals surface area contributed by atoms with Gasteiger partial charge >= 0.3 is 6.01 Å². The third kappa shape index (κ3) is 4.48. The number of anilines is 1. The molecule has 12 heteroatoms. The number of nitrogens with two attached hydrogens (primary N) is 1. The van der Waals surface area contributed by atoms with Crippen molar-refractivity contribution in [3.05, 3.63) is 30.2 Å². The summed E-state index contributed by atoms with van der Waals surface area (Å²) in [5, 5.41) is 12.1. The first kappa shape index (κ1) is 17.3. The molecule has 0 saturated carbocycles. The van der Waals surface area contributed by atoms with Crippen molar-refractivity contribution in [2.24, 2.45) is 5.14 Å². The smallest absolute Gasteiger partial charge is 0.329 e. The third-order valence-electron chi connectivity index (χ3n) is 2.58. The number of benzene rings is 1. The summed E-state index contributed by atoms with van der Waals surface area (Å²) in [6.45, 7) is 2.29. The lowest BCUT2D eigenvalue weighted by Gasteiger charge is -2.05. The van der Waals surface area contributed by atoms with Crippen LogP contribution < -0.4 is 9.86 Å². The fourth-order valence-corrected chi connectivity index (χ4v) is 2.96. The Balaban J connectivity index is 2.17. The quantitative estimate of drug-likeness (QED) is 0.700. The second-order valence-electron chi connectivity index (χ2n) is 4.26. The second kappa shape index (κ2) is 6.62. The summed E-state index contributed by atoms with van der Waals surface area (Å²) < 4.78 is 58.8. The molecule has 0 unspecified atom stereocenters. The van der Waals surface area contributed by atoms with Crippen molar-refractivity contribution in [2.45, 2.75) is 23.3 Å². The van der Waals surface area contributed by atoms with E-state index in [1.54, 1.807) is 6.92 Å². The zero-order chi connectivity index (χ0) is 17.1. The first-order valence-corrected chi connectivity index (χ1v) is 9.31. The van der Waals surface area contributed by atoms with E-state index in [2.05, 4.69) is 14.9 Å². The Morgan fingerprint density at radius 3 is 2.30 bits per heavy atom. The number of ether oxygens (including phenoxy) is 1. The maximum absolute atomic E-state index is 12.1. The van der Waals surface area contributed by atoms with Gasteiger partial charge in [0.25, 0.3) is 10.0 Å². The minimum Gasteiger partial charge on any atom is -0.405 e. The van der Waals surface area contributed by atoms with Crippen molar-refractivity contribution in [3.63, 3.8) is 0 Å². The van der Waals surface area contributed by atoms with Crippen LogP contribution in [0.3, 0.4) is 0 Å². The molecule has 0 saturated heterocycles. The molecule has 2 aromatic rings. The van der Waals surface area contributed by atoms with Crippen LogP contribution in [0.1, 0.15) is 12.8 Å². The monoisotopic (exact) mass is 362 g/mol. The number of hydrogen-bond acceptors (Lipinski definition) is 8. The van der Waals surface area contributed by atoms with E-state index in [0.29, 0.717) is 6.61 Å². The van der Waals surface area contributed by atoms with Gasteiger partial charge in [0.1, 0.15) is 6.61 Å². The largest absolute Gasteiger partial charge is 0.405 e. The molecule has 3 N–H and O–H groups in total. The van der Waals surface area contributed by atoms with Gasteiger partial charge in [-0.25, -0.2) is 26.7 Å². The summed E-state index contributed by atoms with van der Waals surface area (Å²) in [7, 11) is -7.90. The molecule has 0 bridgehead atoms. The van der Waals surface area contributed by atoms with Crippen LogP contribution in [0.4, 0.5) is 6.01 Å². The first-order valence-electron chi connectivity index (χ1n) is 6.28. The van der Waals surface area contributed by atoms with Gasteiger partial charge in [0.2, 0.25) is 15.9 Å². The Bertz CT molecular complexity index is 873. The molecule has 0 radical (unpaired) electrons. The van der Waals surface area contributed by atoms with Crippen LogP contribution in [0.2, 0.25) is 0 Å². The molecule has 0 aliphatic rings. The van der Waals surface area contributed by atoms with Crippen molar-refractivity contribution in [1.29, 1.82) is 0 Å². The average molecular weight is 362 g/mol. The first-order chi connectivity index (χ1) is 10.7. The van der Waals surface area contributed by atoms with Gasteiger partial charge in [-0.05, 0) is 31.2 Å². The standard InChI is InChI=1S/C11H14N4O6S2/c1-2-20-7-10-13-14-11(21-10)15-23(18,19)9-5-3-8(4-6-9)22(12,16)17/h3-6H,2,7H2,1H3,(H,14,15)(H2,12,16,17). The number of hydrogen-bond donors (Lipinski definition) is 2. The number of aromatic nitrogens is 2. The van der Waals surface area contributed by atoms with E-state index in [0.717, 1.165) is 24.3 Å². The Morgan fingerprint density at radius 2 is 1.74 bits per heavy atom. The van der Waals surface area contributed by atoms with E-state index in [9.17, 15) is 16.8 Å². The van der Waals surface area contributed by atoms with Gasteiger partial charge in [-0.2, -0.15) is 0 Å². The molecular formula is C11H14N4O6S2. The normalized spacial score (nSPS) is 12.3. The van der Waals surface area contributed by atoms with Gasteiger partial charge < -0.3 is 9.15 Å². The van der Waals surface area contributed by atoms with Gasteiger partial charge in [0, 0.05) is 6.61 Å². The van der Waals surface area contributed by atoms with Crippen molar-refractivity contribution >= 4 is 26.1 Å². The summed E-state index contributed by atoms with van der Waals surface area (Å²) >= 11 is 0. The fraction of sp³-hybridized carbons (Fsp3) is 0.273. The van der Waals surface area contributed by atoms with Crippen LogP contribution >= 0.6 is 0 Å². The number of rotatable bonds is 7. The highest BCUT2D eigenvalue weighted by Crippen LogP contribution is 2.17. The van der Waals surface area contributed by atoms with E-state index in [1.165, 1.54) is 0 Å². The molecule has 1 aromatic heterocycles. The highest BCUT2D eigenvalue weighted by Gasteiger charge is 2.19. The molecule has 0 aliphatic carbocycles. The number of primary sulfonamides is 1. The SMILES string of the molecule is CCOCc1nnc(NS(=O)(=O)c2ccc(S(N)(=O)=O)cc2)o1. The van der Waals surface area contributed by atoms with Crippen LogP contribution in [-0.4, -0.2) is 33.6 Å². The summed E-state index contributed by atoms with van der Waals surface area (Å²) in [5.41, 5.74) is 0. The molecule has 0 amide bonds. The number of nitrogens with zero attached hydrogens (tertiary/aromatic N) is 2. The summed E-state index contributed by atoms with van der Waals surface area (Å²) in [6, 6.07) is 4.03. The van der Waals surface area contributed by atoms with Crippen LogP contribution in [0.25, 0.3) is 0 Å². The molecule has 0 fully saturated rings. The molecule has 0 spiro atoms. The molecule has 1 aromatic carbocycles. The lowest BCUT2D eigenvalue weighted by molar-refractivity contribution is 0.115. The topological polar surface area (TPSA) is 154 Å². The fourth-order valence-electron chi connectivity index (χ4n) is 1.52. The van der Waals surface area contributed by atoms with Gasteiger partial charge in [-0.3, -0.25) is 0 Å². The highest BCUT2D eigenvalue weighted by atomic mass is 32.2. The Morgan fingerprint density at radius 1 is 1.13 bits per heavy atom. The highest BCUT2D eigenvalue weighted by molar-refractivity contribution is 7.92. The van der Waals surface area contributed by atoms with Crippen LogP contribution in [0.5, 0.6) is 0 Å². The second-order valence-corrected chi connectivity index (χ2v) is 7.50. The Labute approximate surface area is 132 Å². The summed E-state index contributed by atoms with van der Waals surface area (Å²) in [4.78, 5) is -0.386. The molecule has 2 rings (SSSR count).